The summed E-state index contributed by atoms with van der Waals surface area (Å²) in [6.07, 6.45) is 2.69. The van der Waals surface area contributed by atoms with Crippen molar-refractivity contribution in [1.29, 1.82) is 0 Å². The third-order valence-electron chi connectivity index (χ3n) is 4.26. The molecule has 1 heterocycles. The number of nitrogens with zero attached hydrogens (tertiary/aromatic N) is 1. The molecule has 2 amide bonds. The van der Waals surface area contributed by atoms with E-state index in [1.807, 2.05) is 43.3 Å². The second-order valence-corrected chi connectivity index (χ2v) is 6.24. The summed E-state index contributed by atoms with van der Waals surface area (Å²) in [6.45, 7) is 0.290. The molecule has 2 aromatic rings. The monoisotopic (exact) mass is 327 g/mol. The largest absolute Gasteiger partial charge is 0.467 e. The standard InChI is InChI=1S/C18H21N3O3/c1-21(2)14-7-5-13(6-8-14)20-17(23)18(9-10-18)16(22)19-12-15-4-3-11-24-15/h3-8,11H,9-10,12H2,1-2H3,(H,19,22)(H,20,23). The van der Waals surface area contributed by atoms with Crippen LogP contribution in [0.3, 0.4) is 0 Å². The highest BCUT2D eigenvalue weighted by Crippen LogP contribution is 2.46. The lowest BCUT2D eigenvalue weighted by Gasteiger charge is -2.16. The molecule has 0 spiro atoms. The summed E-state index contributed by atoms with van der Waals surface area (Å²) in [5, 5.41) is 5.62. The molecule has 24 heavy (non-hydrogen) atoms. The number of amides is 2. The Morgan fingerprint density at radius 1 is 1.12 bits per heavy atom. The Morgan fingerprint density at radius 2 is 1.83 bits per heavy atom. The third kappa shape index (κ3) is 3.27. The van der Waals surface area contributed by atoms with Crippen molar-refractivity contribution in [2.24, 2.45) is 5.41 Å². The fraction of sp³-hybridized carbons (Fsp3) is 0.333. The van der Waals surface area contributed by atoms with Gasteiger partial charge in [-0.05, 0) is 49.2 Å². The Balaban J connectivity index is 1.60. The number of anilines is 2. The van der Waals surface area contributed by atoms with Gasteiger partial charge in [0.05, 0.1) is 12.8 Å². The molecule has 1 aliphatic carbocycles. The van der Waals surface area contributed by atoms with Crippen molar-refractivity contribution in [2.75, 3.05) is 24.3 Å². The average Bonchev–Trinajstić information content (AvgIpc) is 3.23. The van der Waals surface area contributed by atoms with E-state index in [4.69, 9.17) is 4.42 Å². The molecule has 0 saturated heterocycles. The van der Waals surface area contributed by atoms with E-state index in [1.54, 1.807) is 18.4 Å². The smallest absolute Gasteiger partial charge is 0.240 e. The fourth-order valence-electron chi connectivity index (χ4n) is 2.53. The van der Waals surface area contributed by atoms with Gasteiger partial charge >= 0.3 is 0 Å². The molecule has 2 N–H and O–H groups in total. The zero-order valence-corrected chi connectivity index (χ0v) is 13.8. The Labute approximate surface area is 140 Å². The lowest BCUT2D eigenvalue weighted by Crippen LogP contribution is -2.39. The normalized spacial score (nSPS) is 14.8. The molecule has 6 heteroatoms. The van der Waals surface area contributed by atoms with E-state index in [1.165, 1.54) is 0 Å². The first-order valence-corrected chi connectivity index (χ1v) is 7.91. The summed E-state index contributed by atoms with van der Waals surface area (Å²) in [5.41, 5.74) is 0.785. The molecule has 0 bridgehead atoms. The number of benzene rings is 1. The van der Waals surface area contributed by atoms with Crippen LogP contribution in [0.5, 0.6) is 0 Å². The van der Waals surface area contributed by atoms with Crippen LogP contribution in [0.2, 0.25) is 0 Å². The van der Waals surface area contributed by atoms with Crippen molar-refractivity contribution in [3.63, 3.8) is 0 Å². The Kier molecular flexibility index (Phi) is 4.29. The summed E-state index contributed by atoms with van der Waals surface area (Å²) in [6, 6.07) is 11.1. The van der Waals surface area contributed by atoms with Crippen molar-refractivity contribution in [3.8, 4) is 0 Å². The van der Waals surface area contributed by atoms with E-state index < -0.39 is 5.41 Å². The van der Waals surface area contributed by atoms with Crippen molar-refractivity contribution in [2.45, 2.75) is 19.4 Å². The van der Waals surface area contributed by atoms with Gasteiger partial charge in [0, 0.05) is 25.5 Å². The number of carbonyl (C=O) groups is 2. The van der Waals surface area contributed by atoms with Crippen LogP contribution in [0.25, 0.3) is 0 Å². The number of hydrogen-bond acceptors (Lipinski definition) is 4. The van der Waals surface area contributed by atoms with Gasteiger partial charge in [0.2, 0.25) is 11.8 Å². The minimum absolute atomic E-state index is 0.249. The van der Waals surface area contributed by atoms with Gasteiger partial charge in [0.25, 0.3) is 0 Å². The van der Waals surface area contributed by atoms with Gasteiger partial charge in [-0.25, -0.2) is 0 Å². The Hall–Kier alpha value is -2.76. The molecule has 126 valence electrons. The molecule has 1 saturated carbocycles. The number of nitrogens with one attached hydrogen (secondary N) is 2. The van der Waals surface area contributed by atoms with Gasteiger partial charge in [-0.15, -0.1) is 0 Å². The van der Waals surface area contributed by atoms with Crippen LogP contribution in [-0.4, -0.2) is 25.9 Å². The second-order valence-electron chi connectivity index (χ2n) is 6.24. The van der Waals surface area contributed by atoms with E-state index in [2.05, 4.69) is 10.6 Å². The fourth-order valence-corrected chi connectivity index (χ4v) is 2.53. The van der Waals surface area contributed by atoms with Crippen LogP contribution in [0.15, 0.2) is 47.1 Å². The topological polar surface area (TPSA) is 74.6 Å². The molecule has 0 atom stereocenters. The van der Waals surface area contributed by atoms with E-state index in [-0.39, 0.29) is 11.8 Å². The maximum atomic E-state index is 12.5. The molecule has 1 aromatic carbocycles. The molecule has 0 aliphatic heterocycles. The maximum absolute atomic E-state index is 12.5. The van der Waals surface area contributed by atoms with Crippen LogP contribution in [0.4, 0.5) is 11.4 Å². The van der Waals surface area contributed by atoms with Gasteiger partial charge in [-0.3, -0.25) is 9.59 Å². The zero-order valence-electron chi connectivity index (χ0n) is 13.8. The average molecular weight is 327 g/mol. The molecule has 6 nitrogen and oxygen atoms in total. The number of furan rings is 1. The molecular formula is C18H21N3O3. The van der Waals surface area contributed by atoms with Crippen molar-refractivity contribution in [1.82, 2.24) is 5.32 Å². The van der Waals surface area contributed by atoms with Crippen LogP contribution in [0, 0.1) is 5.41 Å². The van der Waals surface area contributed by atoms with Crippen LogP contribution >= 0.6 is 0 Å². The van der Waals surface area contributed by atoms with Gasteiger partial charge in [0.1, 0.15) is 11.2 Å². The highest BCUT2D eigenvalue weighted by Gasteiger charge is 2.56. The summed E-state index contributed by atoms with van der Waals surface area (Å²) < 4.78 is 5.18. The Bertz CT molecular complexity index is 716. The maximum Gasteiger partial charge on any atom is 0.240 e. The van der Waals surface area contributed by atoms with Crippen molar-refractivity contribution >= 4 is 23.2 Å². The lowest BCUT2D eigenvalue weighted by atomic mass is 10.0. The molecule has 1 fully saturated rings. The van der Waals surface area contributed by atoms with E-state index in [9.17, 15) is 9.59 Å². The summed E-state index contributed by atoms with van der Waals surface area (Å²) in [7, 11) is 3.91. The molecule has 1 aromatic heterocycles. The minimum atomic E-state index is -0.952. The van der Waals surface area contributed by atoms with Gasteiger partial charge in [0.15, 0.2) is 0 Å². The Morgan fingerprint density at radius 3 is 2.38 bits per heavy atom. The van der Waals surface area contributed by atoms with E-state index in [0.29, 0.717) is 30.8 Å². The SMILES string of the molecule is CN(C)c1ccc(NC(=O)C2(C(=O)NCc3ccco3)CC2)cc1. The summed E-state index contributed by atoms with van der Waals surface area (Å²) in [5.74, 6) is 0.164. The highest BCUT2D eigenvalue weighted by atomic mass is 16.3. The van der Waals surface area contributed by atoms with Gasteiger partial charge < -0.3 is 20.0 Å². The van der Waals surface area contributed by atoms with Crippen LogP contribution < -0.4 is 15.5 Å². The third-order valence-corrected chi connectivity index (χ3v) is 4.26. The quantitative estimate of drug-likeness (QED) is 0.799. The van der Waals surface area contributed by atoms with Crippen LogP contribution in [0.1, 0.15) is 18.6 Å². The second kappa shape index (κ2) is 6.39. The zero-order chi connectivity index (χ0) is 17.2. The first kappa shape index (κ1) is 16.1. The minimum Gasteiger partial charge on any atom is -0.467 e. The highest BCUT2D eigenvalue weighted by molar-refractivity contribution is 6.13. The first-order chi connectivity index (χ1) is 11.5. The number of rotatable bonds is 6. The summed E-state index contributed by atoms with van der Waals surface area (Å²) in [4.78, 5) is 26.9. The van der Waals surface area contributed by atoms with Crippen molar-refractivity contribution < 1.29 is 14.0 Å². The number of carbonyl (C=O) groups excluding carboxylic acids is 2. The molecule has 0 radical (unpaired) electrons. The predicted molar refractivity (Wildman–Crippen MR) is 91.6 cm³/mol. The van der Waals surface area contributed by atoms with E-state index in [0.717, 1.165) is 5.69 Å². The molecular weight excluding hydrogens is 306 g/mol. The van der Waals surface area contributed by atoms with Gasteiger partial charge in [-0.1, -0.05) is 0 Å². The number of hydrogen-bond donors (Lipinski definition) is 2. The van der Waals surface area contributed by atoms with Crippen LogP contribution in [-0.2, 0) is 16.1 Å². The molecule has 1 aliphatic rings. The lowest BCUT2D eigenvalue weighted by molar-refractivity contribution is -0.134. The predicted octanol–water partition coefficient (Wildman–Crippen LogP) is 2.38. The van der Waals surface area contributed by atoms with Crippen molar-refractivity contribution in [3.05, 3.63) is 48.4 Å². The molecule has 0 unspecified atom stereocenters. The van der Waals surface area contributed by atoms with Gasteiger partial charge in [-0.2, -0.15) is 0 Å². The molecule has 3 rings (SSSR count). The summed E-state index contributed by atoms with van der Waals surface area (Å²) >= 11 is 0. The van der Waals surface area contributed by atoms with E-state index >= 15 is 0 Å². The first-order valence-electron chi connectivity index (χ1n) is 7.91.